The van der Waals surface area contributed by atoms with Crippen molar-refractivity contribution >= 4 is 15.9 Å². The summed E-state index contributed by atoms with van der Waals surface area (Å²) in [7, 11) is -3.98. The monoisotopic (exact) mass is 474 g/mol. The second-order valence-electron chi connectivity index (χ2n) is 11.7. The van der Waals surface area contributed by atoms with E-state index >= 15 is 0 Å². The number of aliphatic hydroxyl groups excluding tert-OH is 1. The maximum atomic E-state index is 12.9. The normalized spacial score (nSPS) is 48.4. The Balaban J connectivity index is 1.27. The van der Waals surface area contributed by atoms with Crippen molar-refractivity contribution in [3.8, 4) is 0 Å². The molecular weight excluding hydrogens is 440 g/mol. The van der Waals surface area contributed by atoms with Crippen LogP contribution in [-0.2, 0) is 23.8 Å². The zero-order valence-electron chi connectivity index (χ0n) is 19.6. The molecule has 4 saturated carbocycles. The van der Waals surface area contributed by atoms with Crippen LogP contribution in [-0.4, -0.2) is 43.2 Å². The van der Waals surface area contributed by atoms with E-state index in [4.69, 9.17) is 8.92 Å². The maximum Gasteiger partial charge on any atom is 0.297 e. The lowest BCUT2D eigenvalue weighted by molar-refractivity contribution is -0.160. The van der Waals surface area contributed by atoms with E-state index in [9.17, 15) is 18.3 Å². The van der Waals surface area contributed by atoms with Crippen molar-refractivity contribution in [1.29, 1.82) is 0 Å². The largest absolute Gasteiger partial charge is 0.387 e. The molecule has 0 amide bonds. The fraction of sp³-hybridized carbons (Fsp3) is 0.731. The quantitative estimate of drug-likeness (QED) is 0.529. The summed E-state index contributed by atoms with van der Waals surface area (Å²) in [6.07, 6.45) is 3.73. The second kappa shape index (κ2) is 6.90. The molecule has 1 heterocycles. The average Bonchev–Trinajstić information content (AvgIpc) is 3.43. The molecule has 6 rings (SSSR count). The van der Waals surface area contributed by atoms with Crippen molar-refractivity contribution in [3.05, 3.63) is 29.8 Å². The van der Waals surface area contributed by atoms with Crippen molar-refractivity contribution in [2.75, 3.05) is 0 Å². The highest BCUT2D eigenvalue weighted by atomic mass is 32.2. The first kappa shape index (κ1) is 22.2. The number of epoxide rings is 1. The van der Waals surface area contributed by atoms with Crippen LogP contribution in [0, 0.1) is 35.5 Å². The van der Waals surface area contributed by atoms with Gasteiger partial charge in [-0.2, -0.15) is 8.42 Å². The van der Waals surface area contributed by atoms with Gasteiger partial charge in [-0.25, -0.2) is 0 Å². The van der Waals surface area contributed by atoms with E-state index in [2.05, 4.69) is 13.8 Å². The number of Topliss-reactive ketones (excluding diaryl/α,β-unsaturated/α-hetero) is 1. The molecule has 0 unspecified atom stereocenters. The van der Waals surface area contributed by atoms with Crippen molar-refractivity contribution in [2.24, 2.45) is 28.6 Å². The number of ether oxygens (including phenoxy) is 1. The van der Waals surface area contributed by atoms with Crippen molar-refractivity contribution in [1.82, 2.24) is 0 Å². The number of rotatable bonds is 3. The topological polar surface area (TPSA) is 93.2 Å². The van der Waals surface area contributed by atoms with Gasteiger partial charge in [-0.3, -0.25) is 8.98 Å². The van der Waals surface area contributed by atoms with Crippen LogP contribution in [0.15, 0.2) is 29.2 Å². The van der Waals surface area contributed by atoms with Gasteiger partial charge in [0.05, 0.1) is 11.0 Å². The first-order chi connectivity index (χ1) is 15.5. The third kappa shape index (κ3) is 2.82. The van der Waals surface area contributed by atoms with E-state index in [-0.39, 0.29) is 21.8 Å². The SMILES string of the molecule is Cc1ccc(S(=O)(=O)O[C@H]2CC[C@]3(C)[C@H]4CC[C@]5(C)C(=O)CC[C@H]5[C@@H]4C[C@H]4O[C@]43[C@H]2O)cc1. The van der Waals surface area contributed by atoms with Gasteiger partial charge in [0, 0.05) is 17.3 Å². The fourth-order valence-corrected chi connectivity index (χ4v) is 9.63. The first-order valence-electron chi connectivity index (χ1n) is 12.4. The lowest BCUT2D eigenvalue weighted by atomic mass is 9.44. The number of fused-ring (bicyclic) bond motifs is 4. The lowest BCUT2D eigenvalue weighted by Gasteiger charge is -2.59. The predicted octanol–water partition coefficient (Wildman–Crippen LogP) is 3.78. The van der Waals surface area contributed by atoms with Gasteiger partial charge in [-0.15, -0.1) is 0 Å². The van der Waals surface area contributed by atoms with Gasteiger partial charge in [0.1, 0.15) is 23.6 Å². The fourth-order valence-electron chi connectivity index (χ4n) is 8.52. The van der Waals surface area contributed by atoms with E-state index in [1.807, 2.05) is 6.92 Å². The van der Waals surface area contributed by atoms with Crippen molar-refractivity contribution < 1.29 is 27.2 Å². The third-order valence-corrected chi connectivity index (χ3v) is 11.8. The van der Waals surface area contributed by atoms with Gasteiger partial charge in [0.15, 0.2) is 0 Å². The van der Waals surface area contributed by atoms with E-state index < -0.39 is 27.9 Å². The van der Waals surface area contributed by atoms with Gasteiger partial charge >= 0.3 is 0 Å². The Hall–Kier alpha value is -1.28. The van der Waals surface area contributed by atoms with Crippen LogP contribution in [0.1, 0.15) is 64.4 Å². The number of aryl methyl sites for hydroxylation is 1. The van der Waals surface area contributed by atoms with E-state index in [1.165, 1.54) is 0 Å². The minimum Gasteiger partial charge on any atom is -0.387 e. The second-order valence-corrected chi connectivity index (χ2v) is 13.3. The number of carbonyl (C=O) groups excluding carboxylic acids is 1. The van der Waals surface area contributed by atoms with Crippen LogP contribution < -0.4 is 0 Å². The summed E-state index contributed by atoms with van der Waals surface area (Å²) in [5.74, 6) is 1.63. The molecule has 6 nitrogen and oxygen atoms in total. The standard InChI is InChI=1S/C26H34O6S/c1-15-4-6-16(7-5-15)33(29,30)32-20-11-13-25(3)19-10-12-24(2)18(8-9-21(24)27)17(19)14-22-26(25,31-22)23(20)28/h4-7,17-20,22-23,28H,8-14H2,1-3H3/t17-,18-,19-,20-,22+,23-,24-,25+,26-/m0/s1. The van der Waals surface area contributed by atoms with Crippen molar-refractivity contribution in [2.45, 2.75) is 94.5 Å². The Kier molecular flexibility index (Phi) is 4.64. The van der Waals surface area contributed by atoms with Gasteiger partial charge < -0.3 is 9.84 Å². The Bertz CT molecular complexity index is 1100. The summed E-state index contributed by atoms with van der Waals surface area (Å²) in [6, 6.07) is 6.59. The minimum absolute atomic E-state index is 0.0923. The summed E-state index contributed by atoms with van der Waals surface area (Å²) in [6.45, 7) is 6.30. The molecule has 0 bridgehead atoms. The Morgan fingerprint density at radius 3 is 2.52 bits per heavy atom. The molecule has 4 aliphatic carbocycles. The summed E-state index contributed by atoms with van der Waals surface area (Å²) in [5.41, 5.74) is -0.204. The van der Waals surface area contributed by atoms with E-state index in [0.29, 0.717) is 36.4 Å². The molecular formula is C26H34O6S. The number of aliphatic hydroxyl groups is 1. The number of hydrogen-bond donors (Lipinski definition) is 1. The molecule has 1 spiro atoms. The zero-order chi connectivity index (χ0) is 23.4. The molecule has 9 atom stereocenters. The van der Waals surface area contributed by atoms with Crippen LogP contribution in [0.25, 0.3) is 0 Å². The molecule has 5 fully saturated rings. The molecule has 0 radical (unpaired) electrons. The molecule has 33 heavy (non-hydrogen) atoms. The van der Waals surface area contributed by atoms with E-state index in [1.54, 1.807) is 24.3 Å². The molecule has 7 heteroatoms. The van der Waals surface area contributed by atoms with E-state index in [0.717, 1.165) is 37.7 Å². The number of hydrogen-bond acceptors (Lipinski definition) is 6. The number of ketones is 1. The molecule has 5 aliphatic rings. The summed E-state index contributed by atoms with van der Waals surface area (Å²) in [5, 5.41) is 11.5. The van der Waals surface area contributed by atoms with Crippen molar-refractivity contribution in [3.63, 3.8) is 0 Å². The Labute approximate surface area is 196 Å². The lowest BCUT2D eigenvalue weighted by Crippen LogP contribution is -2.64. The molecule has 1 N–H and O–H groups in total. The third-order valence-electron chi connectivity index (χ3n) is 10.4. The molecule has 1 aromatic carbocycles. The highest BCUT2D eigenvalue weighted by Gasteiger charge is 2.79. The summed E-state index contributed by atoms with van der Waals surface area (Å²) >= 11 is 0. The van der Waals surface area contributed by atoms with Gasteiger partial charge in [-0.1, -0.05) is 31.5 Å². The Morgan fingerprint density at radius 2 is 1.79 bits per heavy atom. The molecule has 180 valence electrons. The minimum atomic E-state index is -3.98. The van der Waals surface area contributed by atoms with Crippen LogP contribution in [0.4, 0.5) is 0 Å². The number of benzene rings is 1. The van der Waals surface area contributed by atoms with Crippen LogP contribution >= 0.6 is 0 Å². The van der Waals surface area contributed by atoms with Gasteiger partial charge in [0.25, 0.3) is 10.1 Å². The smallest absolute Gasteiger partial charge is 0.297 e. The zero-order valence-corrected chi connectivity index (χ0v) is 20.4. The molecule has 1 saturated heterocycles. The Morgan fingerprint density at radius 1 is 1.06 bits per heavy atom. The molecule has 0 aromatic heterocycles. The van der Waals surface area contributed by atoms with Gasteiger partial charge in [0.2, 0.25) is 0 Å². The highest BCUT2D eigenvalue weighted by Crippen LogP contribution is 2.73. The van der Waals surface area contributed by atoms with Crippen LogP contribution in [0.3, 0.4) is 0 Å². The predicted molar refractivity (Wildman–Crippen MR) is 121 cm³/mol. The van der Waals surface area contributed by atoms with Gasteiger partial charge in [-0.05, 0) is 75.3 Å². The maximum absolute atomic E-state index is 12.9. The molecule has 1 aromatic rings. The van der Waals surface area contributed by atoms with Crippen LogP contribution in [0.2, 0.25) is 0 Å². The molecule has 1 aliphatic heterocycles. The average molecular weight is 475 g/mol. The highest BCUT2D eigenvalue weighted by molar-refractivity contribution is 7.86. The summed E-state index contributed by atoms with van der Waals surface area (Å²) < 4.78 is 37.8. The first-order valence-corrected chi connectivity index (χ1v) is 13.8. The summed E-state index contributed by atoms with van der Waals surface area (Å²) in [4.78, 5) is 12.8. The van der Waals surface area contributed by atoms with Crippen LogP contribution in [0.5, 0.6) is 0 Å². The number of carbonyl (C=O) groups is 1.